The van der Waals surface area contributed by atoms with E-state index in [0.29, 0.717) is 13.2 Å². The summed E-state index contributed by atoms with van der Waals surface area (Å²) in [6.45, 7) is 5.03. The summed E-state index contributed by atoms with van der Waals surface area (Å²) < 4.78 is 10.5. The Morgan fingerprint density at radius 2 is 1.94 bits per heavy atom. The van der Waals surface area contributed by atoms with Gasteiger partial charge in [0.1, 0.15) is 12.1 Å². The number of carbonyl (C=O) groups excluding carboxylic acids is 2. The zero-order valence-corrected chi connectivity index (χ0v) is 11.9. The third-order valence-corrected chi connectivity index (χ3v) is 3.49. The van der Waals surface area contributed by atoms with Crippen molar-refractivity contribution in [3.05, 3.63) is 0 Å². The van der Waals surface area contributed by atoms with Crippen LogP contribution in [-0.2, 0) is 14.3 Å². The van der Waals surface area contributed by atoms with E-state index < -0.39 is 12.1 Å². The van der Waals surface area contributed by atoms with E-state index in [1.807, 2.05) is 13.8 Å². The van der Waals surface area contributed by atoms with Crippen molar-refractivity contribution < 1.29 is 19.1 Å². The van der Waals surface area contributed by atoms with Gasteiger partial charge in [0.05, 0.1) is 13.2 Å². The molecule has 0 unspecified atom stereocenters. The fourth-order valence-corrected chi connectivity index (χ4v) is 2.32. The molecule has 18 heavy (non-hydrogen) atoms. The van der Waals surface area contributed by atoms with Gasteiger partial charge in [-0.25, -0.2) is 4.79 Å². The SMILES string of the molecule is CSC(=O)[C@@H](NC(=O)OC1CCOCC1)C(C)C. The number of carbonyl (C=O) groups is 2. The first-order valence-corrected chi connectivity index (χ1v) is 7.39. The molecule has 104 valence electrons. The van der Waals surface area contributed by atoms with E-state index in [1.54, 1.807) is 6.26 Å². The summed E-state index contributed by atoms with van der Waals surface area (Å²) in [5.41, 5.74) is 0. The van der Waals surface area contributed by atoms with Gasteiger partial charge in [-0.15, -0.1) is 0 Å². The fraction of sp³-hybridized carbons (Fsp3) is 0.833. The maximum absolute atomic E-state index is 11.7. The summed E-state index contributed by atoms with van der Waals surface area (Å²) in [4.78, 5) is 23.4. The molecule has 1 N–H and O–H groups in total. The Morgan fingerprint density at radius 3 is 2.44 bits per heavy atom. The van der Waals surface area contributed by atoms with Crippen molar-refractivity contribution in [1.29, 1.82) is 0 Å². The van der Waals surface area contributed by atoms with Crippen molar-refractivity contribution in [1.82, 2.24) is 5.32 Å². The van der Waals surface area contributed by atoms with Crippen molar-refractivity contribution >= 4 is 23.0 Å². The van der Waals surface area contributed by atoms with E-state index in [4.69, 9.17) is 9.47 Å². The van der Waals surface area contributed by atoms with Crippen LogP contribution < -0.4 is 5.32 Å². The number of alkyl carbamates (subject to hydrolysis) is 1. The highest BCUT2D eigenvalue weighted by Gasteiger charge is 2.26. The van der Waals surface area contributed by atoms with E-state index in [1.165, 1.54) is 0 Å². The van der Waals surface area contributed by atoms with Crippen molar-refractivity contribution in [2.45, 2.75) is 38.8 Å². The standard InChI is InChI=1S/C12H21NO4S/c1-8(2)10(11(14)18-3)13-12(15)17-9-4-6-16-7-5-9/h8-10H,4-7H2,1-3H3,(H,13,15)/t10-/m0/s1. The second-order valence-electron chi connectivity index (χ2n) is 4.61. The van der Waals surface area contributed by atoms with Crippen molar-refractivity contribution in [3.8, 4) is 0 Å². The first-order valence-electron chi connectivity index (χ1n) is 6.17. The molecule has 0 radical (unpaired) electrons. The minimum atomic E-state index is -0.511. The van der Waals surface area contributed by atoms with Crippen molar-refractivity contribution in [2.75, 3.05) is 19.5 Å². The number of thioether (sulfide) groups is 1. The zero-order chi connectivity index (χ0) is 13.5. The predicted molar refractivity (Wildman–Crippen MR) is 70.6 cm³/mol. The lowest BCUT2D eigenvalue weighted by atomic mass is 10.1. The minimum Gasteiger partial charge on any atom is -0.446 e. The molecule has 0 saturated carbocycles. The van der Waals surface area contributed by atoms with Gasteiger partial charge in [-0.05, 0) is 12.2 Å². The molecule has 5 nitrogen and oxygen atoms in total. The van der Waals surface area contributed by atoms with Crippen LogP contribution in [0.3, 0.4) is 0 Å². The lowest BCUT2D eigenvalue weighted by Gasteiger charge is -2.25. The molecule has 0 spiro atoms. The molecule has 0 bridgehead atoms. The summed E-state index contributed by atoms with van der Waals surface area (Å²) in [6.07, 6.45) is 2.54. The van der Waals surface area contributed by atoms with Crippen LogP contribution in [0, 0.1) is 5.92 Å². The maximum Gasteiger partial charge on any atom is 0.408 e. The molecule has 0 aromatic rings. The largest absolute Gasteiger partial charge is 0.446 e. The van der Waals surface area contributed by atoms with Crippen LogP contribution >= 0.6 is 11.8 Å². The highest BCUT2D eigenvalue weighted by molar-refractivity contribution is 8.13. The molecule has 0 aromatic heterocycles. The van der Waals surface area contributed by atoms with Gasteiger partial charge in [-0.3, -0.25) is 4.79 Å². The van der Waals surface area contributed by atoms with Gasteiger partial charge in [0, 0.05) is 12.8 Å². The molecular formula is C12H21NO4S. The Kier molecular flexibility index (Phi) is 6.49. The fourth-order valence-electron chi connectivity index (χ4n) is 1.73. The third kappa shape index (κ3) is 4.86. The maximum atomic E-state index is 11.7. The summed E-state index contributed by atoms with van der Waals surface area (Å²) in [6, 6.07) is -0.493. The quantitative estimate of drug-likeness (QED) is 0.847. The first-order chi connectivity index (χ1) is 8.54. The number of ether oxygens (including phenoxy) is 2. The highest BCUT2D eigenvalue weighted by Crippen LogP contribution is 2.13. The summed E-state index contributed by atoms with van der Waals surface area (Å²) in [7, 11) is 0. The van der Waals surface area contributed by atoms with Crippen molar-refractivity contribution in [2.24, 2.45) is 5.92 Å². The number of hydrogen-bond acceptors (Lipinski definition) is 5. The molecule has 1 aliphatic heterocycles. The molecule has 1 amide bonds. The first kappa shape index (κ1) is 15.3. The molecule has 0 aromatic carbocycles. The molecule has 1 aliphatic rings. The topological polar surface area (TPSA) is 64.6 Å². The van der Waals surface area contributed by atoms with Crippen LogP contribution in [0.5, 0.6) is 0 Å². The molecule has 1 fully saturated rings. The second kappa shape index (κ2) is 7.63. The van der Waals surface area contributed by atoms with E-state index >= 15 is 0 Å². The van der Waals surface area contributed by atoms with Gasteiger partial charge >= 0.3 is 6.09 Å². The third-order valence-electron chi connectivity index (χ3n) is 2.84. The monoisotopic (exact) mass is 275 g/mol. The summed E-state index contributed by atoms with van der Waals surface area (Å²) in [5.74, 6) is 0.0483. The van der Waals surface area contributed by atoms with E-state index in [2.05, 4.69) is 5.32 Å². The summed E-state index contributed by atoms with van der Waals surface area (Å²) >= 11 is 1.12. The van der Waals surface area contributed by atoms with E-state index in [0.717, 1.165) is 24.6 Å². The predicted octanol–water partition coefficient (Wildman–Crippen LogP) is 1.81. The van der Waals surface area contributed by atoms with Gasteiger partial charge in [-0.1, -0.05) is 25.6 Å². The van der Waals surface area contributed by atoms with E-state index in [9.17, 15) is 9.59 Å². The number of rotatable bonds is 4. The lowest BCUT2D eigenvalue weighted by Crippen LogP contribution is -2.45. The molecule has 6 heteroatoms. The van der Waals surface area contributed by atoms with Crippen LogP contribution in [-0.4, -0.2) is 42.8 Å². The van der Waals surface area contributed by atoms with Crippen molar-refractivity contribution in [3.63, 3.8) is 0 Å². The van der Waals surface area contributed by atoms with Crippen LogP contribution in [0.4, 0.5) is 4.79 Å². The number of hydrogen-bond donors (Lipinski definition) is 1. The molecule has 1 heterocycles. The molecule has 1 rings (SSSR count). The minimum absolute atomic E-state index is 0.0473. The number of nitrogens with one attached hydrogen (secondary N) is 1. The summed E-state index contributed by atoms with van der Waals surface area (Å²) in [5, 5.41) is 2.59. The van der Waals surface area contributed by atoms with Gasteiger partial charge in [-0.2, -0.15) is 0 Å². The Hall–Kier alpha value is -0.750. The van der Waals surface area contributed by atoms with Gasteiger partial charge < -0.3 is 14.8 Å². The van der Waals surface area contributed by atoms with Crippen LogP contribution in [0.2, 0.25) is 0 Å². The number of amides is 1. The van der Waals surface area contributed by atoms with Gasteiger partial charge in [0.25, 0.3) is 0 Å². The van der Waals surface area contributed by atoms with E-state index in [-0.39, 0.29) is 17.1 Å². The normalized spacial score (nSPS) is 18.4. The lowest BCUT2D eigenvalue weighted by molar-refractivity contribution is -0.113. The molecule has 1 saturated heterocycles. The Bertz CT molecular complexity index is 290. The Balaban J connectivity index is 2.42. The molecule has 0 aliphatic carbocycles. The van der Waals surface area contributed by atoms with Crippen LogP contribution in [0.1, 0.15) is 26.7 Å². The average molecular weight is 275 g/mol. The molecular weight excluding hydrogens is 254 g/mol. The smallest absolute Gasteiger partial charge is 0.408 e. The molecule has 1 atom stereocenters. The highest BCUT2D eigenvalue weighted by atomic mass is 32.2. The van der Waals surface area contributed by atoms with Crippen LogP contribution in [0.25, 0.3) is 0 Å². The van der Waals surface area contributed by atoms with Crippen LogP contribution in [0.15, 0.2) is 0 Å². The zero-order valence-electron chi connectivity index (χ0n) is 11.1. The Morgan fingerprint density at radius 1 is 1.33 bits per heavy atom. The Labute approximate surface area is 112 Å². The van der Waals surface area contributed by atoms with Gasteiger partial charge in [0.15, 0.2) is 0 Å². The average Bonchev–Trinajstić information content (AvgIpc) is 2.36. The second-order valence-corrected chi connectivity index (χ2v) is 5.42. The van der Waals surface area contributed by atoms with Gasteiger partial charge in [0.2, 0.25) is 5.12 Å².